The Morgan fingerprint density at radius 1 is 1.12 bits per heavy atom. The van der Waals surface area contributed by atoms with Gasteiger partial charge in [0.15, 0.2) is 0 Å². The molecule has 0 aliphatic heterocycles. The average molecular weight is 370 g/mol. The molecule has 2 rings (SSSR count). The highest BCUT2D eigenvalue weighted by Crippen LogP contribution is 2.29. The molecule has 0 fully saturated rings. The third-order valence-electron chi connectivity index (χ3n) is 3.05. The van der Waals surface area contributed by atoms with Crippen molar-refractivity contribution < 1.29 is 26.7 Å². The van der Waals surface area contributed by atoms with Gasteiger partial charge in [0.25, 0.3) is 10.0 Å². The first kappa shape index (κ1) is 18.7. The predicted molar refractivity (Wildman–Crippen MR) is 89.1 cm³/mol. The first-order chi connectivity index (χ1) is 11.7. The van der Waals surface area contributed by atoms with Gasteiger partial charge in [0.1, 0.15) is 17.4 Å². The number of halogens is 2. The van der Waals surface area contributed by atoms with Gasteiger partial charge in [-0.15, -0.1) is 0 Å². The molecule has 0 saturated carbocycles. The largest absolute Gasteiger partial charge is 0.492 e. The quantitative estimate of drug-likeness (QED) is 0.818. The Morgan fingerprint density at radius 3 is 2.44 bits per heavy atom. The lowest BCUT2D eigenvalue weighted by molar-refractivity contribution is -0.114. The lowest BCUT2D eigenvalue weighted by Crippen LogP contribution is -2.15. The van der Waals surface area contributed by atoms with Crippen molar-refractivity contribution in [3.63, 3.8) is 0 Å². The van der Waals surface area contributed by atoms with Crippen molar-refractivity contribution in [2.24, 2.45) is 0 Å². The molecule has 25 heavy (non-hydrogen) atoms. The van der Waals surface area contributed by atoms with E-state index < -0.39 is 33.3 Å². The molecule has 0 aromatic heterocycles. The summed E-state index contributed by atoms with van der Waals surface area (Å²) in [7, 11) is -4.16. The van der Waals surface area contributed by atoms with Gasteiger partial charge in [0.2, 0.25) is 5.91 Å². The Morgan fingerprint density at radius 2 is 1.84 bits per heavy atom. The van der Waals surface area contributed by atoms with E-state index in [0.29, 0.717) is 18.4 Å². The molecule has 0 atom stereocenters. The van der Waals surface area contributed by atoms with Crippen molar-refractivity contribution in [1.29, 1.82) is 0 Å². The molecule has 0 aliphatic carbocycles. The van der Waals surface area contributed by atoms with Crippen LogP contribution in [0.5, 0.6) is 5.75 Å². The Bertz CT molecular complexity index is 901. The van der Waals surface area contributed by atoms with Crippen LogP contribution in [0.2, 0.25) is 0 Å². The van der Waals surface area contributed by atoms with Gasteiger partial charge in [-0.1, -0.05) is 0 Å². The fourth-order valence-corrected chi connectivity index (χ4v) is 3.11. The topological polar surface area (TPSA) is 84.5 Å². The van der Waals surface area contributed by atoms with E-state index in [4.69, 9.17) is 4.74 Å². The highest BCUT2D eigenvalue weighted by molar-refractivity contribution is 7.92. The van der Waals surface area contributed by atoms with Crippen molar-refractivity contribution in [1.82, 2.24) is 0 Å². The van der Waals surface area contributed by atoms with Crippen molar-refractivity contribution >= 4 is 27.3 Å². The Hall–Kier alpha value is -2.68. The zero-order valence-corrected chi connectivity index (χ0v) is 14.3. The maximum Gasteiger partial charge on any atom is 0.262 e. The minimum Gasteiger partial charge on any atom is -0.492 e. The molecule has 2 aromatic rings. The predicted octanol–water partition coefficient (Wildman–Crippen LogP) is 3.12. The number of carbonyl (C=O) groups excluding carboxylic acids is 1. The van der Waals surface area contributed by atoms with Gasteiger partial charge >= 0.3 is 0 Å². The lowest BCUT2D eigenvalue weighted by Gasteiger charge is -2.14. The van der Waals surface area contributed by atoms with Crippen LogP contribution in [-0.4, -0.2) is 20.9 Å². The molecule has 0 radical (unpaired) electrons. The molecule has 6 nitrogen and oxygen atoms in total. The van der Waals surface area contributed by atoms with E-state index in [2.05, 4.69) is 5.32 Å². The van der Waals surface area contributed by atoms with Crippen molar-refractivity contribution in [3.05, 3.63) is 48.0 Å². The molecule has 2 N–H and O–H groups in total. The van der Waals surface area contributed by atoms with E-state index >= 15 is 0 Å². The van der Waals surface area contributed by atoms with Crippen LogP contribution < -0.4 is 14.8 Å². The van der Waals surface area contributed by atoms with Gasteiger partial charge in [-0.2, -0.15) is 0 Å². The molecule has 134 valence electrons. The zero-order valence-electron chi connectivity index (χ0n) is 13.5. The van der Waals surface area contributed by atoms with Crippen LogP contribution in [0, 0.1) is 11.6 Å². The van der Waals surface area contributed by atoms with Gasteiger partial charge in [-0.3, -0.25) is 9.52 Å². The van der Waals surface area contributed by atoms with Crippen molar-refractivity contribution in [3.8, 4) is 5.75 Å². The maximum absolute atomic E-state index is 13.7. The number of rotatable bonds is 6. The van der Waals surface area contributed by atoms with Gasteiger partial charge in [0.05, 0.1) is 22.9 Å². The third kappa shape index (κ3) is 4.66. The summed E-state index contributed by atoms with van der Waals surface area (Å²) < 4.78 is 58.8. The zero-order chi connectivity index (χ0) is 18.6. The van der Waals surface area contributed by atoms with Crippen LogP contribution in [-0.2, 0) is 14.8 Å². The Kier molecular flexibility index (Phi) is 5.58. The Labute approximate surface area is 143 Å². The minimum absolute atomic E-state index is 0.164. The van der Waals surface area contributed by atoms with E-state index in [1.807, 2.05) is 4.72 Å². The lowest BCUT2D eigenvalue weighted by atomic mass is 10.3. The summed E-state index contributed by atoms with van der Waals surface area (Å²) in [5, 5.41) is 2.47. The van der Waals surface area contributed by atoms with E-state index in [1.54, 1.807) is 6.92 Å². The normalized spacial score (nSPS) is 11.0. The number of amides is 1. The van der Waals surface area contributed by atoms with Crippen LogP contribution in [0.25, 0.3) is 0 Å². The summed E-state index contributed by atoms with van der Waals surface area (Å²) in [5.41, 5.74) is -0.229. The van der Waals surface area contributed by atoms with Crippen molar-refractivity contribution in [2.75, 3.05) is 16.6 Å². The standard InChI is InChI=1S/C16H16F2N2O4S/c1-3-24-16-7-5-12(9-15(16)19-10(2)21)25(22,23)20-14-6-4-11(17)8-13(14)18/h4-9,20H,3H2,1-2H3,(H,19,21). The monoisotopic (exact) mass is 370 g/mol. The van der Waals surface area contributed by atoms with Gasteiger partial charge in [-0.05, 0) is 37.3 Å². The summed E-state index contributed by atoms with van der Waals surface area (Å²) in [6.45, 7) is 3.32. The second-order valence-corrected chi connectivity index (χ2v) is 6.68. The summed E-state index contributed by atoms with van der Waals surface area (Å²) in [6.07, 6.45) is 0. The van der Waals surface area contributed by atoms with Gasteiger partial charge < -0.3 is 10.1 Å². The highest BCUT2D eigenvalue weighted by atomic mass is 32.2. The molecule has 0 saturated heterocycles. The summed E-state index contributed by atoms with van der Waals surface area (Å²) in [5.74, 6) is -1.98. The van der Waals surface area contributed by atoms with Gasteiger partial charge in [-0.25, -0.2) is 17.2 Å². The number of nitrogens with one attached hydrogen (secondary N) is 2. The highest BCUT2D eigenvalue weighted by Gasteiger charge is 2.19. The first-order valence-corrected chi connectivity index (χ1v) is 8.73. The molecular formula is C16H16F2N2O4S. The first-order valence-electron chi connectivity index (χ1n) is 7.25. The number of anilines is 2. The number of ether oxygens (including phenoxy) is 1. The summed E-state index contributed by atoms with van der Waals surface area (Å²) in [4.78, 5) is 11.1. The van der Waals surface area contributed by atoms with Crippen LogP contribution in [0.15, 0.2) is 41.3 Å². The molecule has 0 aliphatic rings. The summed E-state index contributed by atoms with van der Waals surface area (Å²) >= 11 is 0. The maximum atomic E-state index is 13.7. The number of benzene rings is 2. The minimum atomic E-state index is -4.16. The van der Waals surface area contributed by atoms with Crippen LogP contribution in [0.4, 0.5) is 20.2 Å². The molecule has 2 aromatic carbocycles. The fraction of sp³-hybridized carbons (Fsp3) is 0.188. The Balaban J connectivity index is 2.39. The van der Waals surface area contributed by atoms with Crippen LogP contribution >= 0.6 is 0 Å². The molecule has 9 heteroatoms. The second-order valence-electron chi connectivity index (χ2n) is 5.00. The second kappa shape index (κ2) is 7.47. The third-order valence-corrected chi connectivity index (χ3v) is 4.41. The molecule has 0 spiro atoms. The van der Waals surface area contributed by atoms with Gasteiger partial charge in [0, 0.05) is 13.0 Å². The summed E-state index contributed by atoms with van der Waals surface area (Å²) in [6, 6.07) is 6.30. The SMILES string of the molecule is CCOc1ccc(S(=O)(=O)Nc2ccc(F)cc2F)cc1NC(C)=O. The van der Waals surface area contributed by atoms with E-state index in [-0.39, 0.29) is 10.6 Å². The van der Waals surface area contributed by atoms with E-state index in [1.165, 1.54) is 25.1 Å². The molecule has 0 unspecified atom stereocenters. The number of hydrogen-bond acceptors (Lipinski definition) is 4. The van der Waals surface area contributed by atoms with E-state index in [9.17, 15) is 22.0 Å². The average Bonchev–Trinajstić information content (AvgIpc) is 2.51. The number of hydrogen-bond donors (Lipinski definition) is 2. The molecule has 1 amide bonds. The van der Waals surface area contributed by atoms with E-state index in [0.717, 1.165) is 12.1 Å². The van der Waals surface area contributed by atoms with Crippen LogP contribution in [0.1, 0.15) is 13.8 Å². The molecular weight excluding hydrogens is 354 g/mol. The van der Waals surface area contributed by atoms with Crippen LogP contribution in [0.3, 0.4) is 0 Å². The van der Waals surface area contributed by atoms with Crippen molar-refractivity contribution in [2.45, 2.75) is 18.7 Å². The number of sulfonamides is 1. The number of carbonyl (C=O) groups is 1. The molecule has 0 bridgehead atoms. The molecule has 0 heterocycles. The smallest absolute Gasteiger partial charge is 0.262 e. The fourth-order valence-electron chi connectivity index (χ4n) is 2.02.